The van der Waals surface area contributed by atoms with Gasteiger partial charge in [-0.15, -0.1) is 12.4 Å². The standard InChI is InChI=1S/C20H26N2O4S.ClH/c1-4-6-18(21)20(23)22-19(14-9-11-16(26-2)12-10-14)15-7-5-8-17(13-15)27(3,24)25;/h5,7-13,18-19H,4,6,21H2,1-3H3,(H,22,23);1H. The molecule has 0 fully saturated rings. The SMILES string of the molecule is CCCC(N)C(=O)NC(c1ccc(OC)cc1)c1cccc(S(C)(=O)=O)c1.Cl. The molecule has 6 nitrogen and oxygen atoms in total. The molecule has 0 saturated heterocycles. The van der Waals surface area contributed by atoms with Gasteiger partial charge in [-0.1, -0.05) is 37.6 Å². The molecule has 0 radical (unpaired) electrons. The second kappa shape index (κ2) is 10.5. The van der Waals surface area contributed by atoms with Crippen LogP contribution in [-0.2, 0) is 14.6 Å². The van der Waals surface area contributed by atoms with Gasteiger partial charge in [0.1, 0.15) is 5.75 Å². The van der Waals surface area contributed by atoms with Crippen LogP contribution in [0.15, 0.2) is 53.4 Å². The second-order valence-electron chi connectivity index (χ2n) is 6.45. The average Bonchev–Trinajstić information content (AvgIpc) is 2.65. The molecule has 2 atom stereocenters. The number of benzene rings is 2. The van der Waals surface area contributed by atoms with Crippen LogP contribution in [0.25, 0.3) is 0 Å². The summed E-state index contributed by atoms with van der Waals surface area (Å²) < 4.78 is 29.0. The molecule has 0 bridgehead atoms. The number of nitrogens with two attached hydrogens (primary N) is 1. The summed E-state index contributed by atoms with van der Waals surface area (Å²) in [5, 5.41) is 2.95. The summed E-state index contributed by atoms with van der Waals surface area (Å²) in [5.74, 6) is 0.416. The minimum Gasteiger partial charge on any atom is -0.497 e. The van der Waals surface area contributed by atoms with Crippen molar-refractivity contribution < 1.29 is 17.9 Å². The Morgan fingerprint density at radius 3 is 2.32 bits per heavy atom. The third-order valence-corrected chi connectivity index (χ3v) is 5.40. The number of carbonyl (C=O) groups is 1. The van der Waals surface area contributed by atoms with Crippen molar-refractivity contribution in [2.45, 2.75) is 36.7 Å². The third kappa shape index (κ3) is 6.22. The largest absolute Gasteiger partial charge is 0.497 e. The van der Waals surface area contributed by atoms with Crippen molar-refractivity contribution in [1.29, 1.82) is 0 Å². The van der Waals surface area contributed by atoms with E-state index >= 15 is 0 Å². The Bertz CT molecular complexity index is 885. The van der Waals surface area contributed by atoms with Gasteiger partial charge in [-0.25, -0.2) is 8.42 Å². The molecule has 0 saturated carbocycles. The van der Waals surface area contributed by atoms with E-state index in [1.165, 1.54) is 6.07 Å². The van der Waals surface area contributed by atoms with Crippen LogP contribution < -0.4 is 15.8 Å². The number of halogens is 1. The lowest BCUT2D eigenvalue weighted by Gasteiger charge is -2.22. The van der Waals surface area contributed by atoms with Gasteiger partial charge in [0.2, 0.25) is 5.91 Å². The maximum atomic E-state index is 12.5. The highest BCUT2D eigenvalue weighted by Crippen LogP contribution is 2.26. The summed E-state index contributed by atoms with van der Waals surface area (Å²) in [6, 6.07) is 12.7. The van der Waals surface area contributed by atoms with Gasteiger partial charge in [-0.2, -0.15) is 0 Å². The second-order valence-corrected chi connectivity index (χ2v) is 8.47. The maximum Gasteiger partial charge on any atom is 0.237 e. The van der Waals surface area contributed by atoms with Gasteiger partial charge < -0.3 is 15.8 Å². The van der Waals surface area contributed by atoms with Crippen molar-refractivity contribution in [3.8, 4) is 5.75 Å². The van der Waals surface area contributed by atoms with E-state index < -0.39 is 21.9 Å². The monoisotopic (exact) mass is 426 g/mol. The number of sulfone groups is 1. The Labute approximate surface area is 172 Å². The van der Waals surface area contributed by atoms with Crippen LogP contribution in [-0.4, -0.2) is 33.7 Å². The molecular weight excluding hydrogens is 400 g/mol. The molecule has 2 aromatic rings. The van der Waals surface area contributed by atoms with Crippen LogP contribution in [0.1, 0.15) is 36.9 Å². The number of ether oxygens (including phenoxy) is 1. The van der Waals surface area contributed by atoms with E-state index in [0.29, 0.717) is 17.7 Å². The smallest absolute Gasteiger partial charge is 0.237 e. The Morgan fingerprint density at radius 1 is 1.14 bits per heavy atom. The molecule has 1 amide bonds. The Balaban J connectivity index is 0.00000392. The normalized spacial score (nSPS) is 13.1. The lowest BCUT2D eigenvalue weighted by Crippen LogP contribution is -2.42. The molecule has 2 aromatic carbocycles. The highest BCUT2D eigenvalue weighted by atomic mass is 35.5. The lowest BCUT2D eigenvalue weighted by molar-refractivity contribution is -0.123. The van der Waals surface area contributed by atoms with Crippen molar-refractivity contribution in [2.75, 3.05) is 13.4 Å². The summed E-state index contributed by atoms with van der Waals surface area (Å²) in [6.45, 7) is 1.96. The maximum absolute atomic E-state index is 12.5. The summed E-state index contributed by atoms with van der Waals surface area (Å²) in [5.41, 5.74) is 7.42. The zero-order valence-electron chi connectivity index (χ0n) is 16.2. The molecule has 2 rings (SSSR count). The van der Waals surface area contributed by atoms with E-state index in [2.05, 4.69) is 5.32 Å². The minimum atomic E-state index is -3.36. The first-order valence-corrected chi connectivity index (χ1v) is 10.6. The highest BCUT2D eigenvalue weighted by molar-refractivity contribution is 7.90. The van der Waals surface area contributed by atoms with Gasteiger partial charge in [0.05, 0.1) is 24.1 Å². The van der Waals surface area contributed by atoms with E-state index in [9.17, 15) is 13.2 Å². The van der Waals surface area contributed by atoms with Gasteiger partial charge in [0.15, 0.2) is 9.84 Å². The molecule has 154 valence electrons. The molecule has 0 aliphatic heterocycles. The van der Waals surface area contributed by atoms with Gasteiger partial charge in [-0.3, -0.25) is 4.79 Å². The lowest BCUT2D eigenvalue weighted by atomic mass is 9.98. The van der Waals surface area contributed by atoms with Crippen molar-refractivity contribution in [2.24, 2.45) is 5.73 Å². The molecule has 0 aromatic heterocycles. The number of nitrogens with one attached hydrogen (secondary N) is 1. The fraction of sp³-hybridized carbons (Fsp3) is 0.350. The van der Waals surface area contributed by atoms with Gasteiger partial charge >= 0.3 is 0 Å². The van der Waals surface area contributed by atoms with Crippen molar-refractivity contribution in [3.05, 3.63) is 59.7 Å². The van der Waals surface area contributed by atoms with Crippen LogP contribution in [0, 0.1) is 0 Å². The topological polar surface area (TPSA) is 98.5 Å². The van der Waals surface area contributed by atoms with E-state index in [1.807, 2.05) is 19.1 Å². The molecule has 28 heavy (non-hydrogen) atoms. The van der Waals surface area contributed by atoms with Crippen LogP contribution in [0.2, 0.25) is 0 Å². The van der Waals surface area contributed by atoms with Crippen LogP contribution in [0.4, 0.5) is 0 Å². The summed E-state index contributed by atoms with van der Waals surface area (Å²) in [7, 11) is -1.79. The van der Waals surface area contributed by atoms with E-state index in [-0.39, 0.29) is 23.2 Å². The van der Waals surface area contributed by atoms with E-state index in [1.54, 1.807) is 37.4 Å². The quantitative estimate of drug-likeness (QED) is 0.676. The molecule has 0 spiro atoms. The zero-order valence-corrected chi connectivity index (χ0v) is 17.8. The highest BCUT2D eigenvalue weighted by Gasteiger charge is 2.22. The number of hydrogen-bond donors (Lipinski definition) is 2. The van der Waals surface area contributed by atoms with Crippen molar-refractivity contribution >= 4 is 28.2 Å². The van der Waals surface area contributed by atoms with Crippen molar-refractivity contribution in [1.82, 2.24) is 5.32 Å². The van der Waals surface area contributed by atoms with Crippen LogP contribution in [0.5, 0.6) is 5.75 Å². The Hall–Kier alpha value is -2.09. The summed E-state index contributed by atoms with van der Waals surface area (Å²) >= 11 is 0. The Kier molecular flexibility index (Phi) is 8.94. The number of carbonyl (C=O) groups excluding carboxylic acids is 1. The predicted octanol–water partition coefficient (Wildman–Crippen LogP) is 2.85. The molecule has 0 aliphatic carbocycles. The molecule has 2 unspecified atom stereocenters. The summed E-state index contributed by atoms with van der Waals surface area (Å²) in [6.07, 6.45) is 2.53. The zero-order chi connectivity index (χ0) is 20.0. The first kappa shape index (κ1) is 23.9. The van der Waals surface area contributed by atoms with Crippen LogP contribution in [0.3, 0.4) is 0 Å². The molecule has 0 heterocycles. The minimum absolute atomic E-state index is 0. The van der Waals surface area contributed by atoms with E-state index in [0.717, 1.165) is 18.2 Å². The number of methoxy groups -OCH3 is 1. The van der Waals surface area contributed by atoms with Gasteiger partial charge in [-0.05, 0) is 41.8 Å². The van der Waals surface area contributed by atoms with Crippen molar-refractivity contribution in [3.63, 3.8) is 0 Å². The van der Waals surface area contributed by atoms with Crippen LogP contribution >= 0.6 is 12.4 Å². The van der Waals surface area contributed by atoms with E-state index in [4.69, 9.17) is 10.5 Å². The fourth-order valence-electron chi connectivity index (χ4n) is 2.77. The summed E-state index contributed by atoms with van der Waals surface area (Å²) in [4.78, 5) is 12.7. The molecule has 8 heteroatoms. The number of hydrogen-bond acceptors (Lipinski definition) is 5. The third-order valence-electron chi connectivity index (χ3n) is 4.29. The Morgan fingerprint density at radius 2 is 1.79 bits per heavy atom. The number of rotatable bonds is 8. The first-order valence-electron chi connectivity index (χ1n) is 8.76. The van der Waals surface area contributed by atoms with Gasteiger partial charge in [0, 0.05) is 6.26 Å². The molecule has 0 aliphatic rings. The number of amides is 1. The van der Waals surface area contributed by atoms with Gasteiger partial charge in [0.25, 0.3) is 0 Å². The first-order chi connectivity index (χ1) is 12.8. The fourth-order valence-corrected chi connectivity index (χ4v) is 3.45. The average molecular weight is 427 g/mol. The molecular formula is C20H27ClN2O4S. The predicted molar refractivity (Wildman–Crippen MR) is 113 cm³/mol. The molecule has 3 N–H and O–H groups in total.